The maximum absolute atomic E-state index is 12.7. The van der Waals surface area contributed by atoms with Crippen molar-refractivity contribution in [3.63, 3.8) is 0 Å². The predicted octanol–water partition coefficient (Wildman–Crippen LogP) is 2.88. The molecule has 0 saturated heterocycles. The van der Waals surface area contributed by atoms with Crippen molar-refractivity contribution >= 4 is 28.9 Å². The third kappa shape index (κ3) is 3.60. The molecule has 0 atom stereocenters. The van der Waals surface area contributed by atoms with Gasteiger partial charge in [-0.15, -0.1) is 11.3 Å². The number of ether oxygens (including phenoxy) is 1. The summed E-state index contributed by atoms with van der Waals surface area (Å²) in [5.41, 5.74) is 11.8. The maximum atomic E-state index is 12.7. The Morgan fingerprint density at radius 3 is 2.96 bits per heavy atom. The van der Waals surface area contributed by atoms with E-state index < -0.39 is 0 Å². The van der Waals surface area contributed by atoms with Gasteiger partial charge in [0.15, 0.2) is 5.82 Å². The number of rotatable bonds is 4. The Labute approximate surface area is 160 Å². The number of pyridine rings is 2. The van der Waals surface area contributed by atoms with Crippen LogP contribution < -0.4 is 11.1 Å². The van der Waals surface area contributed by atoms with Crippen LogP contribution in [0.2, 0.25) is 0 Å². The van der Waals surface area contributed by atoms with Crippen LogP contribution in [0.3, 0.4) is 0 Å². The van der Waals surface area contributed by atoms with Gasteiger partial charge in [0.1, 0.15) is 0 Å². The third-order valence-corrected chi connectivity index (χ3v) is 5.07. The molecule has 3 N–H and O–H groups in total. The number of thiazole rings is 1. The second-order valence-electron chi connectivity index (χ2n) is 6.16. The number of methoxy groups -OCH3 is 1. The molecule has 3 aromatic rings. The van der Waals surface area contributed by atoms with E-state index in [9.17, 15) is 4.79 Å². The Bertz CT molecular complexity index is 976. The van der Waals surface area contributed by atoms with E-state index in [4.69, 9.17) is 10.5 Å². The molecule has 0 aromatic carbocycles. The van der Waals surface area contributed by atoms with Gasteiger partial charge in [0.05, 0.1) is 34.1 Å². The van der Waals surface area contributed by atoms with Crippen molar-refractivity contribution < 1.29 is 9.53 Å². The van der Waals surface area contributed by atoms with E-state index in [0.29, 0.717) is 31.2 Å². The van der Waals surface area contributed by atoms with Gasteiger partial charge in [-0.1, -0.05) is 0 Å². The number of urea groups is 1. The van der Waals surface area contributed by atoms with Crippen LogP contribution in [0, 0.1) is 0 Å². The van der Waals surface area contributed by atoms with Gasteiger partial charge in [0.25, 0.3) is 0 Å². The molecule has 0 fully saturated rings. The molecule has 0 unspecified atom stereocenters. The van der Waals surface area contributed by atoms with E-state index in [2.05, 4.69) is 20.3 Å². The Hall–Kier alpha value is -3.04. The summed E-state index contributed by atoms with van der Waals surface area (Å²) in [5.74, 6) is 0.347. The lowest BCUT2D eigenvalue weighted by atomic mass is 10.1. The molecule has 1 aliphatic rings. The number of anilines is 2. The molecule has 0 radical (unpaired) electrons. The van der Waals surface area contributed by atoms with Crippen molar-refractivity contribution in [3.8, 4) is 10.6 Å². The van der Waals surface area contributed by atoms with Gasteiger partial charge in [-0.25, -0.2) is 9.78 Å². The van der Waals surface area contributed by atoms with Crippen LogP contribution >= 0.6 is 11.3 Å². The van der Waals surface area contributed by atoms with Gasteiger partial charge in [-0.3, -0.25) is 15.3 Å². The first-order valence-electron chi connectivity index (χ1n) is 8.31. The molecule has 0 saturated carbocycles. The van der Waals surface area contributed by atoms with Gasteiger partial charge in [0.2, 0.25) is 0 Å². The number of nitrogen functional groups attached to an aromatic ring is 1. The average Bonchev–Trinajstić information content (AvgIpc) is 3.33. The number of fused-ring (bicyclic) bond motifs is 1. The van der Waals surface area contributed by atoms with Gasteiger partial charge in [-0.2, -0.15) is 0 Å². The summed E-state index contributed by atoms with van der Waals surface area (Å²) in [4.78, 5) is 28.2. The zero-order valence-electron chi connectivity index (χ0n) is 14.7. The predicted molar refractivity (Wildman–Crippen MR) is 103 cm³/mol. The fraction of sp³-hybridized carbons (Fsp3) is 0.222. The Kier molecular flexibility index (Phi) is 4.69. The Morgan fingerprint density at radius 2 is 2.19 bits per heavy atom. The maximum Gasteiger partial charge on any atom is 0.323 e. The molecule has 8 nitrogen and oxygen atoms in total. The SMILES string of the molecule is COCc1cc2c(cn1)CN(C(=O)Nc1nc(-c3cncs3)ccc1N)C2. The number of nitrogens with one attached hydrogen (secondary N) is 1. The zero-order valence-corrected chi connectivity index (χ0v) is 15.5. The molecule has 2 amide bonds. The summed E-state index contributed by atoms with van der Waals surface area (Å²) in [7, 11) is 1.63. The lowest BCUT2D eigenvalue weighted by Crippen LogP contribution is -2.30. The van der Waals surface area contributed by atoms with Crippen molar-refractivity contribution in [2.75, 3.05) is 18.2 Å². The monoisotopic (exact) mass is 382 g/mol. The number of nitrogens with two attached hydrogens (primary N) is 1. The molecule has 4 heterocycles. The van der Waals surface area contributed by atoms with Crippen molar-refractivity contribution in [3.05, 3.63) is 52.9 Å². The van der Waals surface area contributed by atoms with Gasteiger partial charge >= 0.3 is 6.03 Å². The highest BCUT2D eigenvalue weighted by Gasteiger charge is 2.25. The highest BCUT2D eigenvalue weighted by Crippen LogP contribution is 2.27. The number of nitrogens with zero attached hydrogens (tertiary/aromatic N) is 4. The number of amides is 2. The third-order valence-electron chi connectivity index (χ3n) is 4.28. The van der Waals surface area contributed by atoms with Crippen LogP contribution in [0.15, 0.2) is 36.1 Å². The molecular weight excluding hydrogens is 364 g/mol. The molecule has 4 rings (SSSR count). The lowest BCUT2D eigenvalue weighted by molar-refractivity contribution is 0.181. The fourth-order valence-electron chi connectivity index (χ4n) is 2.93. The van der Waals surface area contributed by atoms with Crippen LogP contribution in [0.5, 0.6) is 0 Å². The molecule has 1 aliphatic heterocycles. The van der Waals surface area contributed by atoms with Gasteiger partial charge in [-0.05, 0) is 29.3 Å². The van der Waals surface area contributed by atoms with E-state index in [0.717, 1.165) is 27.4 Å². The molecule has 27 heavy (non-hydrogen) atoms. The number of carbonyl (C=O) groups excluding carboxylic acids is 1. The van der Waals surface area contributed by atoms with E-state index in [1.807, 2.05) is 12.1 Å². The van der Waals surface area contributed by atoms with Gasteiger partial charge < -0.3 is 15.4 Å². The normalized spacial score (nSPS) is 12.9. The van der Waals surface area contributed by atoms with E-state index in [1.165, 1.54) is 11.3 Å². The smallest absolute Gasteiger partial charge is 0.323 e. The molecule has 0 bridgehead atoms. The highest BCUT2D eigenvalue weighted by atomic mass is 32.1. The second kappa shape index (κ2) is 7.29. The Balaban J connectivity index is 1.49. The molecular formula is C18H18N6O2S. The summed E-state index contributed by atoms with van der Waals surface area (Å²) in [6.07, 6.45) is 3.53. The summed E-state index contributed by atoms with van der Waals surface area (Å²) < 4.78 is 5.11. The van der Waals surface area contributed by atoms with Crippen LogP contribution in [0.25, 0.3) is 10.6 Å². The minimum absolute atomic E-state index is 0.250. The summed E-state index contributed by atoms with van der Waals surface area (Å²) >= 11 is 1.48. The number of hydrogen-bond acceptors (Lipinski definition) is 7. The first-order chi connectivity index (χ1) is 13.1. The van der Waals surface area contributed by atoms with Crippen molar-refractivity contribution in [1.29, 1.82) is 0 Å². The van der Waals surface area contributed by atoms with Crippen molar-refractivity contribution in [2.24, 2.45) is 0 Å². The van der Waals surface area contributed by atoms with Crippen LogP contribution in [-0.2, 0) is 24.4 Å². The van der Waals surface area contributed by atoms with Crippen molar-refractivity contribution in [1.82, 2.24) is 19.9 Å². The summed E-state index contributed by atoms with van der Waals surface area (Å²) in [5, 5.41) is 2.82. The van der Waals surface area contributed by atoms with Crippen molar-refractivity contribution in [2.45, 2.75) is 19.7 Å². The first kappa shape index (κ1) is 17.4. The summed E-state index contributed by atoms with van der Waals surface area (Å²) in [6.45, 7) is 1.45. The van der Waals surface area contributed by atoms with Gasteiger partial charge in [0, 0.05) is 32.6 Å². The van der Waals surface area contributed by atoms with Crippen LogP contribution in [-0.4, -0.2) is 33.0 Å². The Morgan fingerprint density at radius 1 is 1.33 bits per heavy atom. The molecule has 0 aliphatic carbocycles. The fourth-order valence-corrected chi connectivity index (χ4v) is 3.52. The van der Waals surface area contributed by atoms with Crippen LogP contribution in [0.1, 0.15) is 16.8 Å². The first-order valence-corrected chi connectivity index (χ1v) is 9.19. The second-order valence-corrected chi connectivity index (χ2v) is 7.05. The zero-order chi connectivity index (χ0) is 18.8. The highest BCUT2D eigenvalue weighted by molar-refractivity contribution is 7.13. The van der Waals surface area contributed by atoms with E-state index in [-0.39, 0.29) is 6.03 Å². The summed E-state index contributed by atoms with van der Waals surface area (Å²) in [6, 6.07) is 5.27. The number of aromatic nitrogens is 3. The molecule has 3 aromatic heterocycles. The topological polar surface area (TPSA) is 106 Å². The number of carbonyl (C=O) groups is 1. The van der Waals surface area contributed by atoms with E-state index >= 15 is 0 Å². The van der Waals surface area contributed by atoms with Crippen LogP contribution in [0.4, 0.5) is 16.3 Å². The minimum atomic E-state index is -0.250. The molecule has 0 spiro atoms. The molecule has 9 heteroatoms. The standard InChI is InChI=1S/C18H18N6O2S/c1-26-9-13-4-11-7-24(8-12(11)5-21-13)18(25)23-17-14(19)2-3-15(22-17)16-6-20-10-27-16/h2-6,10H,7-9,19H2,1H3,(H,22,23,25). The number of hydrogen-bond donors (Lipinski definition) is 2. The molecule has 138 valence electrons. The quantitative estimate of drug-likeness (QED) is 0.719. The van der Waals surface area contributed by atoms with E-state index in [1.54, 1.807) is 36.0 Å². The minimum Gasteiger partial charge on any atom is -0.396 e. The largest absolute Gasteiger partial charge is 0.396 e. The average molecular weight is 382 g/mol. The lowest BCUT2D eigenvalue weighted by Gasteiger charge is -2.17.